The summed E-state index contributed by atoms with van der Waals surface area (Å²) in [6.45, 7) is 1.81. The molecule has 134 valence electrons. The molecule has 0 aliphatic heterocycles. The fourth-order valence-electron chi connectivity index (χ4n) is 2.53. The number of aromatic nitrogens is 3. The minimum Gasteiger partial charge on any atom is -0.545 e. The molecule has 3 rings (SSSR count). The number of carboxylic acid groups (broad SMARTS) is 1. The molecule has 0 spiro atoms. The van der Waals surface area contributed by atoms with Crippen LogP contribution in [0.1, 0.15) is 11.6 Å². The molecule has 3 aromatic rings. The van der Waals surface area contributed by atoms with E-state index in [2.05, 4.69) is 10.2 Å². The van der Waals surface area contributed by atoms with E-state index in [0.29, 0.717) is 34.5 Å². The van der Waals surface area contributed by atoms with Crippen LogP contribution >= 0.6 is 0 Å². The molecule has 0 amide bonds. The van der Waals surface area contributed by atoms with Crippen LogP contribution in [-0.2, 0) is 4.79 Å². The third-order valence-corrected chi connectivity index (χ3v) is 3.64. The first-order chi connectivity index (χ1) is 12.5. The lowest BCUT2D eigenvalue weighted by atomic mass is 10.2. The van der Waals surface area contributed by atoms with E-state index < -0.39 is 5.97 Å². The molecule has 0 bridgehead atoms. The topological polar surface area (TPSA) is 102 Å². The van der Waals surface area contributed by atoms with E-state index in [1.807, 2.05) is 6.92 Å². The number of benzene rings is 1. The van der Waals surface area contributed by atoms with Gasteiger partial charge in [0.2, 0.25) is 5.82 Å². The average Bonchev–Trinajstić information content (AvgIpc) is 3.24. The van der Waals surface area contributed by atoms with Crippen molar-refractivity contribution in [3.63, 3.8) is 0 Å². The first-order valence-electron chi connectivity index (χ1n) is 7.67. The fourth-order valence-corrected chi connectivity index (χ4v) is 2.53. The summed E-state index contributed by atoms with van der Waals surface area (Å²) in [7, 11) is 3.05. The Morgan fingerprint density at radius 1 is 1.15 bits per heavy atom. The van der Waals surface area contributed by atoms with Crippen molar-refractivity contribution in [2.45, 2.75) is 6.92 Å². The number of aryl methyl sites for hydroxylation is 1. The van der Waals surface area contributed by atoms with E-state index in [1.165, 1.54) is 20.3 Å². The Balaban J connectivity index is 2.31. The van der Waals surface area contributed by atoms with E-state index in [1.54, 1.807) is 34.9 Å². The number of hydrogen-bond donors (Lipinski definition) is 0. The Kier molecular flexibility index (Phi) is 4.74. The Morgan fingerprint density at radius 3 is 2.38 bits per heavy atom. The summed E-state index contributed by atoms with van der Waals surface area (Å²) in [5, 5.41) is 19.0. The lowest BCUT2D eigenvalue weighted by Gasteiger charge is -2.16. The molecule has 26 heavy (non-hydrogen) atoms. The summed E-state index contributed by atoms with van der Waals surface area (Å²) >= 11 is 0. The van der Waals surface area contributed by atoms with Gasteiger partial charge in [-0.3, -0.25) is 4.57 Å². The zero-order valence-corrected chi connectivity index (χ0v) is 14.4. The Morgan fingerprint density at radius 2 is 1.85 bits per heavy atom. The number of carbonyl (C=O) groups is 1. The molecule has 0 unspecified atom stereocenters. The van der Waals surface area contributed by atoms with Crippen molar-refractivity contribution in [3.05, 3.63) is 48.0 Å². The van der Waals surface area contributed by atoms with Gasteiger partial charge in [0.15, 0.2) is 11.6 Å². The van der Waals surface area contributed by atoms with Crippen LogP contribution in [0.4, 0.5) is 0 Å². The molecule has 2 aromatic heterocycles. The third kappa shape index (κ3) is 3.16. The molecule has 1 aromatic carbocycles. The second kappa shape index (κ2) is 7.14. The number of aliphatic carboxylic acids is 1. The largest absolute Gasteiger partial charge is 0.545 e. The Labute approximate surface area is 149 Å². The minimum absolute atomic E-state index is 0.251. The molecule has 0 aliphatic carbocycles. The van der Waals surface area contributed by atoms with Gasteiger partial charge in [-0.15, -0.1) is 10.2 Å². The van der Waals surface area contributed by atoms with Crippen molar-refractivity contribution in [1.82, 2.24) is 14.8 Å². The van der Waals surface area contributed by atoms with Gasteiger partial charge in [0, 0.05) is 0 Å². The highest BCUT2D eigenvalue weighted by molar-refractivity contribution is 5.83. The number of carbonyl (C=O) groups excluding carboxylic acids is 1. The molecule has 2 heterocycles. The van der Waals surface area contributed by atoms with Crippen LogP contribution < -0.4 is 14.6 Å². The maximum Gasteiger partial charge on any atom is 0.204 e. The second-order valence-electron chi connectivity index (χ2n) is 5.29. The molecule has 0 saturated heterocycles. The summed E-state index contributed by atoms with van der Waals surface area (Å²) in [5.41, 5.74) is 0.518. The summed E-state index contributed by atoms with van der Waals surface area (Å²) in [5.74, 6) is 1.44. The predicted molar refractivity (Wildman–Crippen MR) is 90.9 cm³/mol. The highest BCUT2D eigenvalue weighted by Gasteiger charge is 2.22. The van der Waals surface area contributed by atoms with E-state index in [9.17, 15) is 9.90 Å². The molecule has 0 radical (unpaired) electrons. The monoisotopic (exact) mass is 354 g/mol. The second-order valence-corrected chi connectivity index (χ2v) is 5.29. The molecular weight excluding hydrogens is 338 g/mol. The maximum atomic E-state index is 10.8. The van der Waals surface area contributed by atoms with Crippen LogP contribution in [0.2, 0.25) is 0 Å². The quantitative estimate of drug-likeness (QED) is 0.620. The van der Waals surface area contributed by atoms with E-state index >= 15 is 0 Å². The number of ether oxygens (including phenoxy) is 2. The van der Waals surface area contributed by atoms with Gasteiger partial charge in [-0.2, -0.15) is 0 Å². The smallest absolute Gasteiger partial charge is 0.204 e. The van der Waals surface area contributed by atoms with Crippen molar-refractivity contribution in [2.24, 2.45) is 0 Å². The number of hydrogen-bond acceptors (Lipinski definition) is 7. The molecule has 0 N–H and O–H groups in total. The van der Waals surface area contributed by atoms with Gasteiger partial charge in [-0.1, -0.05) is 6.07 Å². The van der Waals surface area contributed by atoms with Crippen molar-refractivity contribution in [1.29, 1.82) is 0 Å². The minimum atomic E-state index is -1.35. The van der Waals surface area contributed by atoms with Gasteiger partial charge in [0.05, 0.1) is 20.2 Å². The number of para-hydroxylation sites is 1. The lowest BCUT2D eigenvalue weighted by Crippen LogP contribution is -2.18. The normalized spacial score (nSPS) is 11.0. The van der Waals surface area contributed by atoms with Gasteiger partial charge >= 0.3 is 0 Å². The van der Waals surface area contributed by atoms with Gasteiger partial charge in [0.25, 0.3) is 0 Å². The summed E-state index contributed by atoms with van der Waals surface area (Å²) in [4.78, 5) is 10.8. The molecule has 0 aliphatic rings. The van der Waals surface area contributed by atoms with E-state index in [0.717, 1.165) is 6.08 Å². The Hall–Kier alpha value is -3.55. The number of furan rings is 1. The van der Waals surface area contributed by atoms with Crippen molar-refractivity contribution >= 4 is 12.0 Å². The average molecular weight is 354 g/mol. The SMILES string of the molecule is COc1cccc(OC)c1-n1c(/C=C/C(=O)[O-])nnc1-c1ccc(C)o1. The van der Waals surface area contributed by atoms with Crippen LogP contribution in [0.3, 0.4) is 0 Å². The zero-order chi connectivity index (χ0) is 18.7. The van der Waals surface area contributed by atoms with Crippen LogP contribution in [0, 0.1) is 6.92 Å². The fraction of sp³-hybridized carbons (Fsp3) is 0.167. The van der Waals surface area contributed by atoms with Crippen LogP contribution in [0.5, 0.6) is 11.5 Å². The number of methoxy groups -OCH3 is 2. The van der Waals surface area contributed by atoms with Gasteiger partial charge in [-0.05, 0) is 43.3 Å². The van der Waals surface area contributed by atoms with Crippen LogP contribution in [0.25, 0.3) is 23.3 Å². The number of carboxylic acids is 1. The van der Waals surface area contributed by atoms with E-state index in [-0.39, 0.29) is 5.82 Å². The molecule has 8 heteroatoms. The molecular formula is C18H16N3O5-. The van der Waals surface area contributed by atoms with Crippen molar-refractivity contribution in [3.8, 4) is 28.8 Å². The zero-order valence-electron chi connectivity index (χ0n) is 14.4. The van der Waals surface area contributed by atoms with E-state index in [4.69, 9.17) is 13.9 Å². The first-order valence-corrected chi connectivity index (χ1v) is 7.67. The molecule has 0 atom stereocenters. The predicted octanol–water partition coefficient (Wildman–Crippen LogP) is 1.62. The van der Waals surface area contributed by atoms with Gasteiger partial charge in [-0.25, -0.2) is 0 Å². The highest BCUT2D eigenvalue weighted by atomic mass is 16.5. The standard InChI is InChI=1S/C18H17N3O5/c1-11-7-8-14(26-11)18-20-19-15(9-10-16(22)23)21(18)17-12(24-2)5-4-6-13(17)25-3/h4-10H,1-3H3,(H,22,23)/p-1/b10-9+. The molecule has 8 nitrogen and oxygen atoms in total. The summed E-state index contributed by atoms with van der Waals surface area (Å²) in [6.07, 6.45) is 2.16. The van der Waals surface area contributed by atoms with Crippen molar-refractivity contribution in [2.75, 3.05) is 14.2 Å². The maximum absolute atomic E-state index is 10.8. The summed E-state index contributed by atoms with van der Waals surface area (Å²) in [6, 6.07) is 8.83. The third-order valence-electron chi connectivity index (χ3n) is 3.64. The highest BCUT2D eigenvalue weighted by Crippen LogP contribution is 2.36. The number of nitrogens with zero attached hydrogens (tertiary/aromatic N) is 3. The first kappa shape index (κ1) is 17.3. The van der Waals surface area contributed by atoms with Crippen LogP contribution in [-0.4, -0.2) is 35.0 Å². The van der Waals surface area contributed by atoms with Crippen LogP contribution in [0.15, 0.2) is 40.8 Å². The Bertz CT molecular complexity index is 949. The van der Waals surface area contributed by atoms with Gasteiger partial charge in [0.1, 0.15) is 22.9 Å². The van der Waals surface area contributed by atoms with Gasteiger partial charge < -0.3 is 23.8 Å². The molecule has 0 fully saturated rings. The summed E-state index contributed by atoms with van der Waals surface area (Å²) < 4.78 is 18.2. The molecule has 0 saturated carbocycles. The van der Waals surface area contributed by atoms with Crippen molar-refractivity contribution < 1.29 is 23.8 Å². The lowest BCUT2D eigenvalue weighted by molar-refractivity contribution is -0.297. The number of rotatable bonds is 6.